The van der Waals surface area contributed by atoms with Gasteiger partial charge in [0.25, 0.3) is 5.91 Å². The number of benzene rings is 2. The molecule has 2 aromatic carbocycles. The van der Waals surface area contributed by atoms with Crippen molar-refractivity contribution in [2.45, 2.75) is 25.8 Å². The maximum Gasteiger partial charge on any atom is 0.292 e. The molecule has 2 fully saturated rings. The molecule has 0 radical (unpaired) electrons. The van der Waals surface area contributed by atoms with E-state index in [1.165, 1.54) is 9.80 Å². The minimum absolute atomic E-state index is 0.108. The van der Waals surface area contributed by atoms with Crippen LogP contribution in [0.3, 0.4) is 0 Å². The lowest BCUT2D eigenvalue weighted by Gasteiger charge is -2.35. The van der Waals surface area contributed by atoms with Crippen LogP contribution in [0, 0.1) is 0 Å². The Hall–Kier alpha value is -3.26. The Labute approximate surface area is 187 Å². The van der Waals surface area contributed by atoms with E-state index in [4.69, 9.17) is 14.2 Å². The highest BCUT2D eigenvalue weighted by atomic mass is 16.7. The quantitative estimate of drug-likeness (QED) is 0.685. The smallest absolute Gasteiger partial charge is 0.292 e. The van der Waals surface area contributed by atoms with Crippen LogP contribution >= 0.6 is 0 Å². The highest BCUT2D eigenvalue weighted by Gasteiger charge is 2.46. The van der Waals surface area contributed by atoms with E-state index in [0.29, 0.717) is 12.3 Å². The van der Waals surface area contributed by atoms with Gasteiger partial charge in [0.1, 0.15) is 5.75 Å². The van der Waals surface area contributed by atoms with E-state index in [2.05, 4.69) is 4.90 Å². The van der Waals surface area contributed by atoms with Gasteiger partial charge in [-0.2, -0.15) is 0 Å². The lowest BCUT2D eigenvalue weighted by Crippen LogP contribution is -3.19. The fourth-order valence-corrected chi connectivity index (χ4v) is 4.62. The van der Waals surface area contributed by atoms with Crippen molar-refractivity contribution < 1.29 is 28.7 Å². The predicted octanol–water partition coefficient (Wildman–Crippen LogP) is 1.24. The summed E-state index contributed by atoms with van der Waals surface area (Å²) in [4.78, 5) is 30.7. The molecule has 32 heavy (non-hydrogen) atoms. The molecule has 8 nitrogen and oxygen atoms in total. The molecule has 168 valence electrons. The highest BCUT2D eigenvalue weighted by molar-refractivity contribution is 6.21. The summed E-state index contributed by atoms with van der Waals surface area (Å²) in [6, 6.07) is 12.9. The standard InChI is InChI=1S/C24H27N3O5/c1-2-13-30-19-6-3-17(4-7-19)27-23(28)15-20(24(27)29)26-11-9-25(10-12-26)18-5-8-21-22(14-18)32-16-31-21/h3-8,14,20H,2,9-13,15-16H2,1H3/p+1/t20-/m0/s1. The molecule has 3 aliphatic heterocycles. The maximum atomic E-state index is 13.2. The molecule has 0 spiro atoms. The minimum Gasteiger partial charge on any atom is -0.494 e. The average Bonchev–Trinajstić information content (AvgIpc) is 3.41. The number of fused-ring (bicyclic) bond motifs is 1. The second-order valence-corrected chi connectivity index (χ2v) is 8.35. The number of ether oxygens (including phenoxy) is 3. The van der Waals surface area contributed by atoms with Crippen molar-refractivity contribution in [2.75, 3.05) is 49.4 Å². The first-order valence-corrected chi connectivity index (χ1v) is 11.2. The van der Waals surface area contributed by atoms with E-state index in [9.17, 15) is 9.59 Å². The number of nitrogens with zero attached hydrogens (tertiary/aromatic N) is 2. The Morgan fingerprint density at radius 1 is 1.00 bits per heavy atom. The summed E-state index contributed by atoms with van der Waals surface area (Å²) in [6.07, 6.45) is 1.18. The van der Waals surface area contributed by atoms with Gasteiger partial charge in [0.05, 0.1) is 44.9 Å². The number of nitrogens with one attached hydrogen (secondary N) is 1. The number of piperazine rings is 1. The van der Waals surface area contributed by atoms with Crippen LogP contribution in [0.15, 0.2) is 42.5 Å². The lowest BCUT2D eigenvalue weighted by molar-refractivity contribution is -0.915. The predicted molar refractivity (Wildman–Crippen MR) is 119 cm³/mol. The Morgan fingerprint density at radius 3 is 2.47 bits per heavy atom. The van der Waals surface area contributed by atoms with Crippen LogP contribution in [-0.2, 0) is 9.59 Å². The summed E-state index contributed by atoms with van der Waals surface area (Å²) in [5, 5.41) is 0. The topological polar surface area (TPSA) is 72.8 Å². The second kappa shape index (κ2) is 8.70. The van der Waals surface area contributed by atoms with E-state index in [1.54, 1.807) is 12.1 Å². The van der Waals surface area contributed by atoms with Crippen LogP contribution in [0.25, 0.3) is 0 Å². The Morgan fingerprint density at radius 2 is 1.72 bits per heavy atom. The molecule has 2 saturated heterocycles. The first-order valence-electron chi connectivity index (χ1n) is 11.2. The molecule has 0 unspecified atom stereocenters. The highest BCUT2D eigenvalue weighted by Crippen LogP contribution is 2.35. The zero-order chi connectivity index (χ0) is 22.1. The molecule has 2 amide bonds. The van der Waals surface area contributed by atoms with Crippen LogP contribution in [0.4, 0.5) is 11.4 Å². The zero-order valence-electron chi connectivity index (χ0n) is 18.2. The van der Waals surface area contributed by atoms with Gasteiger partial charge in [-0.3, -0.25) is 9.59 Å². The number of hydrogen-bond donors (Lipinski definition) is 1. The third kappa shape index (κ3) is 3.86. The summed E-state index contributed by atoms with van der Waals surface area (Å²) >= 11 is 0. The van der Waals surface area contributed by atoms with E-state index in [0.717, 1.165) is 55.5 Å². The van der Waals surface area contributed by atoms with E-state index < -0.39 is 0 Å². The van der Waals surface area contributed by atoms with Crippen molar-refractivity contribution in [3.8, 4) is 17.2 Å². The summed E-state index contributed by atoms with van der Waals surface area (Å²) < 4.78 is 16.5. The molecule has 3 aliphatic rings. The molecular weight excluding hydrogens is 410 g/mol. The normalized spacial score (nSPS) is 20.8. The van der Waals surface area contributed by atoms with Gasteiger partial charge in [0.2, 0.25) is 12.7 Å². The molecule has 8 heteroatoms. The van der Waals surface area contributed by atoms with Gasteiger partial charge in [-0.05, 0) is 42.8 Å². The minimum atomic E-state index is -0.322. The first kappa shape index (κ1) is 20.6. The van der Waals surface area contributed by atoms with Gasteiger partial charge >= 0.3 is 0 Å². The van der Waals surface area contributed by atoms with Crippen molar-refractivity contribution in [1.82, 2.24) is 0 Å². The number of amides is 2. The summed E-state index contributed by atoms with van der Waals surface area (Å²) in [5.41, 5.74) is 1.71. The maximum absolute atomic E-state index is 13.2. The molecule has 2 aromatic rings. The number of hydrogen-bond acceptors (Lipinski definition) is 6. The van der Waals surface area contributed by atoms with Crippen molar-refractivity contribution >= 4 is 23.2 Å². The van der Waals surface area contributed by atoms with E-state index in [1.807, 2.05) is 37.3 Å². The lowest BCUT2D eigenvalue weighted by atomic mass is 10.1. The Kier molecular flexibility index (Phi) is 5.61. The fraction of sp³-hybridized carbons (Fsp3) is 0.417. The van der Waals surface area contributed by atoms with Gasteiger partial charge in [-0.15, -0.1) is 0 Å². The van der Waals surface area contributed by atoms with Crippen molar-refractivity contribution in [1.29, 1.82) is 0 Å². The fourth-order valence-electron chi connectivity index (χ4n) is 4.62. The van der Waals surface area contributed by atoms with Crippen LogP contribution in [-0.4, -0.2) is 57.4 Å². The largest absolute Gasteiger partial charge is 0.494 e. The van der Waals surface area contributed by atoms with Crippen LogP contribution in [0.1, 0.15) is 19.8 Å². The van der Waals surface area contributed by atoms with Gasteiger partial charge in [0.15, 0.2) is 17.5 Å². The van der Waals surface area contributed by atoms with Gasteiger partial charge in [0, 0.05) is 11.8 Å². The van der Waals surface area contributed by atoms with Crippen molar-refractivity contribution in [2.24, 2.45) is 0 Å². The average molecular weight is 439 g/mol. The molecular formula is C24H28N3O5+. The molecule has 0 aromatic heterocycles. The molecule has 3 heterocycles. The van der Waals surface area contributed by atoms with Crippen LogP contribution in [0.2, 0.25) is 0 Å². The number of imide groups is 1. The number of carbonyl (C=O) groups excluding carboxylic acids is 2. The molecule has 1 atom stereocenters. The summed E-state index contributed by atoms with van der Waals surface area (Å²) in [7, 11) is 0. The monoisotopic (exact) mass is 438 g/mol. The van der Waals surface area contributed by atoms with Crippen molar-refractivity contribution in [3.63, 3.8) is 0 Å². The van der Waals surface area contributed by atoms with Gasteiger partial charge in [-0.25, -0.2) is 4.90 Å². The van der Waals surface area contributed by atoms with E-state index in [-0.39, 0.29) is 31.1 Å². The summed E-state index contributed by atoms with van der Waals surface area (Å²) in [6.45, 7) is 6.19. The number of carbonyl (C=O) groups is 2. The third-order valence-electron chi connectivity index (χ3n) is 6.33. The van der Waals surface area contributed by atoms with Crippen LogP contribution < -0.4 is 28.9 Å². The molecule has 0 saturated carbocycles. The summed E-state index contributed by atoms with van der Waals surface area (Å²) in [5.74, 6) is 2.06. The number of rotatable bonds is 6. The molecule has 1 N–H and O–H groups in total. The van der Waals surface area contributed by atoms with E-state index >= 15 is 0 Å². The SMILES string of the molecule is CCCOc1ccc(N2C(=O)C[C@H]([NH+]3CCN(c4ccc5c(c4)OCO5)CC3)C2=O)cc1. The first-order chi connectivity index (χ1) is 15.6. The van der Waals surface area contributed by atoms with Gasteiger partial charge in [-0.1, -0.05) is 6.92 Å². The number of quaternary nitrogens is 1. The second-order valence-electron chi connectivity index (χ2n) is 8.35. The molecule has 0 bridgehead atoms. The molecule has 5 rings (SSSR count). The Bertz CT molecular complexity index is 1000. The Balaban J connectivity index is 1.22. The third-order valence-corrected chi connectivity index (χ3v) is 6.33. The molecule has 0 aliphatic carbocycles. The van der Waals surface area contributed by atoms with Crippen molar-refractivity contribution in [3.05, 3.63) is 42.5 Å². The zero-order valence-corrected chi connectivity index (χ0v) is 18.2. The van der Waals surface area contributed by atoms with Crippen LogP contribution in [0.5, 0.6) is 17.2 Å². The number of anilines is 2. The van der Waals surface area contributed by atoms with Gasteiger partial charge < -0.3 is 24.0 Å².